The second-order valence-electron chi connectivity index (χ2n) is 4.50. The van der Waals surface area contributed by atoms with Crippen LogP contribution in [-0.2, 0) is 11.3 Å². The number of likely N-dealkylation sites (N-methyl/N-ethyl adjacent to an activating group) is 1. The molecule has 0 heterocycles. The Hall–Kier alpha value is -1.23. The van der Waals surface area contributed by atoms with Crippen molar-refractivity contribution in [1.29, 1.82) is 0 Å². The van der Waals surface area contributed by atoms with Gasteiger partial charge in [0.15, 0.2) is 0 Å². The van der Waals surface area contributed by atoms with Crippen molar-refractivity contribution in [3.05, 3.63) is 69.9 Å². The molecule has 0 bridgehead atoms. The van der Waals surface area contributed by atoms with Gasteiger partial charge in [0.05, 0.1) is 12.7 Å². The summed E-state index contributed by atoms with van der Waals surface area (Å²) in [5.74, 6) is -0.232. The van der Waals surface area contributed by atoms with Gasteiger partial charge in [0.2, 0.25) is 0 Å². The Kier molecular flexibility index (Phi) is 5.71. The fraction of sp³-hybridized carbons (Fsp3) is 0.250. The third-order valence-corrected chi connectivity index (χ3v) is 3.50. The number of ether oxygens (including phenoxy) is 1. The fourth-order valence-corrected chi connectivity index (χ4v) is 2.39. The van der Waals surface area contributed by atoms with Crippen LogP contribution in [0.4, 0.5) is 4.39 Å². The highest BCUT2D eigenvalue weighted by Crippen LogP contribution is 2.22. The lowest BCUT2D eigenvalue weighted by molar-refractivity contribution is 0.0395. The van der Waals surface area contributed by atoms with E-state index in [0.29, 0.717) is 12.1 Å². The van der Waals surface area contributed by atoms with E-state index in [1.807, 2.05) is 37.4 Å². The van der Waals surface area contributed by atoms with E-state index in [1.165, 1.54) is 6.07 Å². The lowest BCUT2D eigenvalue weighted by Gasteiger charge is -2.18. The van der Waals surface area contributed by atoms with Crippen LogP contribution in [0.2, 0.25) is 0 Å². The average Bonchev–Trinajstić information content (AvgIpc) is 2.45. The van der Waals surface area contributed by atoms with E-state index in [2.05, 4.69) is 21.2 Å². The Balaban J connectivity index is 2.08. The van der Waals surface area contributed by atoms with Crippen molar-refractivity contribution in [2.24, 2.45) is 0 Å². The van der Waals surface area contributed by atoms with Gasteiger partial charge in [-0.2, -0.15) is 0 Å². The van der Waals surface area contributed by atoms with E-state index in [-0.39, 0.29) is 18.5 Å². The van der Waals surface area contributed by atoms with Crippen molar-refractivity contribution in [2.45, 2.75) is 12.7 Å². The molecule has 2 aromatic carbocycles. The first-order chi connectivity index (χ1) is 9.70. The summed E-state index contributed by atoms with van der Waals surface area (Å²) in [6.07, 6.45) is -0.114. The van der Waals surface area contributed by atoms with E-state index in [1.54, 1.807) is 12.1 Å². The maximum atomic E-state index is 13.6. The highest BCUT2D eigenvalue weighted by molar-refractivity contribution is 9.10. The minimum atomic E-state index is -0.232. The molecule has 0 fully saturated rings. The van der Waals surface area contributed by atoms with Crippen molar-refractivity contribution in [2.75, 3.05) is 13.6 Å². The van der Waals surface area contributed by atoms with Crippen molar-refractivity contribution < 1.29 is 9.13 Å². The van der Waals surface area contributed by atoms with Gasteiger partial charge in [-0.3, -0.25) is 0 Å². The molecule has 1 unspecified atom stereocenters. The van der Waals surface area contributed by atoms with E-state index < -0.39 is 0 Å². The van der Waals surface area contributed by atoms with Crippen LogP contribution in [-0.4, -0.2) is 13.6 Å². The molecule has 20 heavy (non-hydrogen) atoms. The smallest absolute Gasteiger partial charge is 0.128 e. The molecule has 1 atom stereocenters. The number of nitrogens with one attached hydrogen (secondary N) is 1. The number of hydrogen-bond donors (Lipinski definition) is 1. The fourth-order valence-electron chi connectivity index (χ4n) is 1.97. The molecule has 0 saturated heterocycles. The summed E-state index contributed by atoms with van der Waals surface area (Å²) in [6, 6.07) is 14.6. The molecule has 0 aliphatic rings. The summed E-state index contributed by atoms with van der Waals surface area (Å²) in [7, 11) is 1.87. The van der Waals surface area contributed by atoms with E-state index in [4.69, 9.17) is 4.74 Å². The summed E-state index contributed by atoms with van der Waals surface area (Å²) in [4.78, 5) is 0. The molecule has 106 valence electrons. The molecule has 2 aromatic rings. The first-order valence-corrected chi connectivity index (χ1v) is 7.25. The molecule has 2 nitrogen and oxygen atoms in total. The molecule has 1 N–H and O–H groups in total. The van der Waals surface area contributed by atoms with Gasteiger partial charge < -0.3 is 10.1 Å². The van der Waals surface area contributed by atoms with Gasteiger partial charge >= 0.3 is 0 Å². The molecule has 0 aromatic heterocycles. The van der Waals surface area contributed by atoms with Gasteiger partial charge in [-0.25, -0.2) is 4.39 Å². The van der Waals surface area contributed by atoms with Crippen molar-refractivity contribution >= 4 is 15.9 Å². The monoisotopic (exact) mass is 337 g/mol. The van der Waals surface area contributed by atoms with Crippen LogP contribution in [0.3, 0.4) is 0 Å². The number of benzene rings is 2. The second kappa shape index (κ2) is 7.53. The number of rotatable bonds is 6. The summed E-state index contributed by atoms with van der Waals surface area (Å²) in [6.45, 7) is 0.927. The van der Waals surface area contributed by atoms with Gasteiger partial charge in [0, 0.05) is 16.6 Å². The predicted molar refractivity (Wildman–Crippen MR) is 82.0 cm³/mol. The zero-order valence-corrected chi connectivity index (χ0v) is 12.9. The first kappa shape index (κ1) is 15.2. The largest absolute Gasteiger partial charge is 0.367 e. The van der Waals surface area contributed by atoms with Crippen LogP contribution in [0.5, 0.6) is 0 Å². The van der Waals surface area contributed by atoms with E-state index in [9.17, 15) is 4.39 Å². The van der Waals surface area contributed by atoms with E-state index in [0.717, 1.165) is 10.0 Å². The molecule has 0 aliphatic carbocycles. The molecule has 2 rings (SSSR count). The Morgan fingerprint density at radius 3 is 2.70 bits per heavy atom. The molecule has 0 amide bonds. The predicted octanol–water partition coefficient (Wildman–Crippen LogP) is 4.07. The van der Waals surface area contributed by atoms with Gasteiger partial charge in [0.1, 0.15) is 5.82 Å². The molecular formula is C16H17BrFNO. The standard InChI is InChI=1S/C16H17BrFNO/c1-19-10-16(12-6-4-7-14(17)9-12)20-11-13-5-2-3-8-15(13)18/h2-9,16,19H,10-11H2,1H3. The topological polar surface area (TPSA) is 21.3 Å². The van der Waals surface area contributed by atoms with Crippen LogP contribution in [0.1, 0.15) is 17.2 Å². The summed E-state index contributed by atoms with van der Waals surface area (Å²) in [5, 5.41) is 3.10. The van der Waals surface area contributed by atoms with Crippen molar-refractivity contribution in [3.63, 3.8) is 0 Å². The van der Waals surface area contributed by atoms with Crippen molar-refractivity contribution in [1.82, 2.24) is 5.32 Å². The van der Waals surface area contributed by atoms with Crippen LogP contribution in [0.25, 0.3) is 0 Å². The minimum Gasteiger partial charge on any atom is -0.367 e. The van der Waals surface area contributed by atoms with Crippen LogP contribution in [0, 0.1) is 5.82 Å². The van der Waals surface area contributed by atoms with Crippen LogP contribution in [0.15, 0.2) is 53.0 Å². The van der Waals surface area contributed by atoms with Gasteiger partial charge in [0.25, 0.3) is 0 Å². The molecule has 0 spiro atoms. The highest BCUT2D eigenvalue weighted by Gasteiger charge is 2.12. The summed E-state index contributed by atoms with van der Waals surface area (Å²) >= 11 is 3.45. The average molecular weight is 338 g/mol. The number of halogens is 2. The third-order valence-electron chi connectivity index (χ3n) is 3.01. The third kappa shape index (κ3) is 4.13. The number of hydrogen-bond acceptors (Lipinski definition) is 2. The normalized spacial score (nSPS) is 12.3. The molecule has 0 saturated carbocycles. The summed E-state index contributed by atoms with van der Waals surface area (Å²) in [5.41, 5.74) is 1.63. The van der Waals surface area contributed by atoms with Crippen LogP contribution >= 0.6 is 15.9 Å². The van der Waals surface area contributed by atoms with Gasteiger partial charge in [-0.05, 0) is 30.8 Å². The summed E-state index contributed by atoms with van der Waals surface area (Å²) < 4.78 is 20.5. The molecule has 0 radical (unpaired) electrons. The second-order valence-corrected chi connectivity index (χ2v) is 5.42. The Bertz CT molecular complexity index is 562. The quantitative estimate of drug-likeness (QED) is 0.857. The molecular weight excluding hydrogens is 321 g/mol. The Morgan fingerprint density at radius 1 is 1.20 bits per heavy atom. The maximum absolute atomic E-state index is 13.6. The maximum Gasteiger partial charge on any atom is 0.128 e. The first-order valence-electron chi connectivity index (χ1n) is 6.46. The van der Waals surface area contributed by atoms with Crippen molar-refractivity contribution in [3.8, 4) is 0 Å². The Labute approximate surface area is 127 Å². The zero-order valence-electron chi connectivity index (χ0n) is 11.3. The van der Waals surface area contributed by atoms with E-state index >= 15 is 0 Å². The lowest BCUT2D eigenvalue weighted by atomic mass is 10.1. The molecule has 0 aliphatic heterocycles. The minimum absolute atomic E-state index is 0.114. The van der Waals surface area contributed by atoms with Gasteiger partial charge in [-0.1, -0.05) is 46.3 Å². The Morgan fingerprint density at radius 2 is 2.00 bits per heavy atom. The zero-order chi connectivity index (χ0) is 14.4. The highest BCUT2D eigenvalue weighted by atomic mass is 79.9. The van der Waals surface area contributed by atoms with Gasteiger partial charge in [-0.15, -0.1) is 0 Å². The molecule has 4 heteroatoms. The van der Waals surface area contributed by atoms with Crippen LogP contribution < -0.4 is 5.32 Å². The lowest BCUT2D eigenvalue weighted by Crippen LogP contribution is -2.20. The SMILES string of the molecule is CNCC(OCc1ccccc1F)c1cccc(Br)c1.